The molecule has 5 heteroatoms. The first-order valence-electron chi connectivity index (χ1n) is 10.9. The maximum atomic E-state index is 15.2. The number of esters is 1. The fraction of sp³-hybridized carbons (Fsp3) is 0.708. The molecule has 0 unspecified atom stereocenters. The number of carbonyl (C=O) groups is 3. The zero-order chi connectivity index (χ0) is 21.1. The van der Waals surface area contributed by atoms with Gasteiger partial charge in [0.05, 0.1) is 0 Å². The van der Waals surface area contributed by atoms with Crippen LogP contribution in [0.1, 0.15) is 59.8 Å². The molecule has 4 rings (SSSR count). The van der Waals surface area contributed by atoms with Crippen molar-refractivity contribution in [3.8, 4) is 0 Å². The van der Waals surface area contributed by atoms with Crippen LogP contribution in [-0.4, -0.2) is 24.1 Å². The molecule has 4 aliphatic rings. The van der Waals surface area contributed by atoms with Crippen molar-refractivity contribution in [2.45, 2.75) is 59.8 Å². The monoisotopic (exact) mass is 402 g/mol. The summed E-state index contributed by atoms with van der Waals surface area (Å²) in [7, 11) is 0. The van der Waals surface area contributed by atoms with Crippen molar-refractivity contribution in [3.63, 3.8) is 0 Å². The average Bonchev–Trinajstić information content (AvgIpc) is 2.92. The molecule has 2 fully saturated rings. The SMILES string of the molecule is CC(=O)OCC(=O)[C@H]1[C@H](C)C[C@H]2[C@@H]3C=C(F)C4=CC(=O)CC[C@]4(C)[C@H]3CC[C@@]21C. The smallest absolute Gasteiger partial charge is 0.303 e. The van der Waals surface area contributed by atoms with Gasteiger partial charge in [-0.25, -0.2) is 4.39 Å². The summed E-state index contributed by atoms with van der Waals surface area (Å²) in [6, 6.07) is 0. The summed E-state index contributed by atoms with van der Waals surface area (Å²) in [5.74, 6) is -0.0458. The molecular weight excluding hydrogens is 371 g/mol. The van der Waals surface area contributed by atoms with Gasteiger partial charge in [0.25, 0.3) is 0 Å². The van der Waals surface area contributed by atoms with Crippen LogP contribution in [0, 0.1) is 40.4 Å². The van der Waals surface area contributed by atoms with Gasteiger partial charge in [0.2, 0.25) is 0 Å². The van der Waals surface area contributed by atoms with Gasteiger partial charge in [-0.1, -0.05) is 20.8 Å². The van der Waals surface area contributed by atoms with Crippen molar-refractivity contribution in [2.24, 2.45) is 40.4 Å². The number of ether oxygens (including phenoxy) is 1. The van der Waals surface area contributed by atoms with Gasteiger partial charge in [0, 0.05) is 19.3 Å². The molecule has 2 saturated carbocycles. The van der Waals surface area contributed by atoms with Gasteiger partial charge >= 0.3 is 5.97 Å². The molecule has 4 nitrogen and oxygen atoms in total. The maximum absolute atomic E-state index is 15.2. The number of Topliss-reactive ketones (excluding diaryl/α,β-unsaturated/α-hetero) is 1. The van der Waals surface area contributed by atoms with Crippen LogP contribution in [0.25, 0.3) is 0 Å². The number of rotatable bonds is 3. The molecular formula is C24H31FO4. The molecule has 0 radical (unpaired) electrons. The second-order valence-electron chi connectivity index (χ2n) is 10.2. The van der Waals surface area contributed by atoms with Crippen molar-refractivity contribution in [1.29, 1.82) is 0 Å². The van der Waals surface area contributed by atoms with Crippen molar-refractivity contribution in [2.75, 3.05) is 6.61 Å². The Bertz CT molecular complexity index is 827. The van der Waals surface area contributed by atoms with E-state index in [-0.39, 0.29) is 58.5 Å². The minimum absolute atomic E-state index is 0.00790. The Labute approximate surface area is 171 Å². The Hall–Kier alpha value is -1.78. The van der Waals surface area contributed by atoms with E-state index in [0.29, 0.717) is 24.3 Å². The van der Waals surface area contributed by atoms with Gasteiger partial charge < -0.3 is 4.74 Å². The van der Waals surface area contributed by atoms with Crippen molar-refractivity contribution in [1.82, 2.24) is 0 Å². The second kappa shape index (κ2) is 6.88. The standard InChI is InChI=1S/C24H31FO4/c1-13-9-18-16-11-20(25)19-10-15(27)5-7-23(19,3)17(16)6-8-24(18,4)22(13)21(28)12-29-14(2)26/h10-11,13,16-18,22H,5-9,12H2,1-4H3/t13-,16-,17+,18+,22-,23-,24+/m1/s1. The van der Waals surface area contributed by atoms with E-state index in [9.17, 15) is 14.4 Å². The maximum Gasteiger partial charge on any atom is 0.303 e. The lowest BCUT2D eigenvalue weighted by Crippen LogP contribution is -2.50. The molecule has 7 atom stereocenters. The quantitative estimate of drug-likeness (QED) is 0.648. The molecule has 0 aliphatic heterocycles. The molecule has 0 aromatic heterocycles. The first-order chi connectivity index (χ1) is 13.6. The van der Waals surface area contributed by atoms with E-state index >= 15 is 4.39 Å². The predicted molar refractivity (Wildman–Crippen MR) is 106 cm³/mol. The lowest BCUT2D eigenvalue weighted by atomic mass is 9.48. The highest BCUT2D eigenvalue weighted by Crippen LogP contribution is 2.67. The van der Waals surface area contributed by atoms with Gasteiger partial charge in [0.1, 0.15) is 12.4 Å². The molecule has 0 bridgehead atoms. The van der Waals surface area contributed by atoms with Crippen LogP contribution in [0.5, 0.6) is 0 Å². The lowest BCUT2D eigenvalue weighted by Gasteiger charge is -2.56. The average molecular weight is 403 g/mol. The molecule has 0 saturated heterocycles. The lowest BCUT2D eigenvalue weighted by molar-refractivity contribution is -0.149. The van der Waals surface area contributed by atoms with E-state index in [1.807, 2.05) is 0 Å². The fourth-order valence-corrected chi connectivity index (χ4v) is 7.39. The van der Waals surface area contributed by atoms with Gasteiger partial charge in [-0.15, -0.1) is 0 Å². The highest BCUT2D eigenvalue weighted by atomic mass is 19.1. The highest BCUT2D eigenvalue weighted by molar-refractivity contribution is 5.92. The summed E-state index contributed by atoms with van der Waals surface area (Å²) in [5, 5.41) is 0. The Morgan fingerprint density at radius 1 is 1.24 bits per heavy atom. The summed E-state index contributed by atoms with van der Waals surface area (Å²) < 4.78 is 20.2. The molecule has 158 valence electrons. The Morgan fingerprint density at radius 3 is 2.66 bits per heavy atom. The Balaban J connectivity index is 1.68. The van der Waals surface area contributed by atoms with Crippen LogP contribution in [0.15, 0.2) is 23.6 Å². The van der Waals surface area contributed by atoms with Crippen LogP contribution in [0.3, 0.4) is 0 Å². The van der Waals surface area contributed by atoms with Crippen molar-refractivity contribution < 1.29 is 23.5 Å². The number of halogens is 1. The van der Waals surface area contributed by atoms with Crippen LogP contribution in [-0.2, 0) is 19.1 Å². The van der Waals surface area contributed by atoms with Crippen molar-refractivity contribution in [3.05, 3.63) is 23.6 Å². The molecule has 0 aromatic carbocycles. The van der Waals surface area contributed by atoms with E-state index < -0.39 is 5.97 Å². The number of carbonyl (C=O) groups excluding carboxylic acids is 3. The molecule has 0 spiro atoms. The van der Waals surface area contributed by atoms with E-state index in [4.69, 9.17) is 4.74 Å². The minimum Gasteiger partial charge on any atom is -0.458 e. The fourth-order valence-electron chi connectivity index (χ4n) is 7.39. The van der Waals surface area contributed by atoms with E-state index in [1.165, 1.54) is 13.0 Å². The van der Waals surface area contributed by atoms with Crippen LogP contribution >= 0.6 is 0 Å². The Kier molecular flexibility index (Phi) is 4.86. The Morgan fingerprint density at radius 2 is 1.97 bits per heavy atom. The molecule has 4 aliphatic carbocycles. The zero-order valence-electron chi connectivity index (χ0n) is 17.8. The number of fused-ring (bicyclic) bond motifs is 5. The predicted octanol–water partition coefficient (Wildman–Crippen LogP) is 4.59. The first-order valence-corrected chi connectivity index (χ1v) is 10.9. The summed E-state index contributed by atoms with van der Waals surface area (Å²) >= 11 is 0. The zero-order valence-corrected chi connectivity index (χ0v) is 17.8. The number of allylic oxidation sites excluding steroid dienone is 4. The van der Waals surface area contributed by atoms with Crippen molar-refractivity contribution >= 4 is 17.5 Å². The number of hydrogen-bond donors (Lipinski definition) is 0. The molecule has 0 amide bonds. The molecule has 0 heterocycles. The van der Waals surface area contributed by atoms with E-state index in [0.717, 1.165) is 19.3 Å². The third-order valence-electron chi connectivity index (χ3n) is 8.67. The highest BCUT2D eigenvalue weighted by Gasteiger charge is 2.62. The van der Waals surface area contributed by atoms with E-state index in [2.05, 4.69) is 20.8 Å². The molecule has 0 aromatic rings. The van der Waals surface area contributed by atoms with Gasteiger partial charge in [-0.3, -0.25) is 14.4 Å². The summed E-state index contributed by atoms with van der Waals surface area (Å²) in [5.41, 5.74) is 0.0745. The van der Waals surface area contributed by atoms with Crippen LogP contribution < -0.4 is 0 Å². The number of hydrogen-bond acceptors (Lipinski definition) is 4. The number of ketones is 2. The normalized spacial score (nSPS) is 43.5. The third kappa shape index (κ3) is 3.03. The van der Waals surface area contributed by atoms with Gasteiger partial charge in [-0.05, 0) is 77.9 Å². The van der Waals surface area contributed by atoms with E-state index in [1.54, 1.807) is 6.08 Å². The summed E-state index contributed by atoms with van der Waals surface area (Å²) in [6.45, 7) is 7.55. The van der Waals surface area contributed by atoms with Gasteiger partial charge in [0.15, 0.2) is 11.6 Å². The first kappa shape index (κ1) is 20.5. The summed E-state index contributed by atoms with van der Waals surface area (Å²) in [6.07, 6.45) is 7.18. The minimum atomic E-state index is -0.439. The largest absolute Gasteiger partial charge is 0.458 e. The van der Waals surface area contributed by atoms with Crippen LogP contribution in [0.2, 0.25) is 0 Å². The third-order valence-corrected chi connectivity index (χ3v) is 8.67. The van der Waals surface area contributed by atoms with Crippen LogP contribution in [0.4, 0.5) is 4.39 Å². The second-order valence-corrected chi connectivity index (χ2v) is 10.2. The van der Waals surface area contributed by atoms with Gasteiger partial charge in [-0.2, -0.15) is 0 Å². The topological polar surface area (TPSA) is 60.4 Å². The molecule has 0 N–H and O–H groups in total. The summed E-state index contributed by atoms with van der Waals surface area (Å²) in [4.78, 5) is 36.1. The molecule has 29 heavy (non-hydrogen) atoms.